The average Bonchev–Trinajstić information content (AvgIpc) is 3.25. The number of ether oxygens (including phenoxy) is 5. The molecule has 0 aromatic heterocycles. The zero-order valence-electron chi connectivity index (χ0n) is 35.8. The topological polar surface area (TPSA) is 283 Å². The minimum absolute atomic E-state index is 0.0488. The highest BCUT2D eigenvalue weighted by Gasteiger charge is 2.50. The molecule has 64 heavy (non-hydrogen) atoms. The van der Waals surface area contributed by atoms with Crippen LogP contribution < -0.4 is 25.8 Å². The molecule has 3 aromatic rings. The first kappa shape index (κ1) is 46.1. The van der Waals surface area contributed by atoms with Crippen molar-refractivity contribution in [1.29, 1.82) is 0 Å². The summed E-state index contributed by atoms with van der Waals surface area (Å²) in [5.74, 6) is -3.82. The van der Waals surface area contributed by atoms with E-state index in [1.807, 2.05) is 0 Å². The Labute approximate surface area is 368 Å². The third kappa shape index (κ3) is 8.93. The Kier molecular flexibility index (Phi) is 13.5. The number of hydrogen-bond donors (Lipinski definition) is 8. The van der Waals surface area contributed by atoms with Crippen LogP contribution in [0, 0.1) is 13.8 Å². The van der Waals surface area contributed by atoms with Gasteiger partial charge in [0, 0.05) is 48.0 Å². The molecule has 0 saturated carbocycles. The molecule has 9 N–H and O–H groups in total. The Bertz CT molecular complexity index is 2380. The quantitative estimate of drug-likeness (QED) is 0.0836. The molecule has 8 atom stereocenters. The number of methoxy groups -OCH3 is 1. The summed E-state index contributed by atoms with van der Waals surface area (Å²) in [6.45, 7) is 3.72. The number of aliphatic hydroxyl groups excluding tert-OH is 2. The predicted octanol–water partition coefficient (Wildman–Crippen LogP) is 3.50. The maximum atomic E-state index is 14.0. The third-order valence-corrected chi connectivity index (χ3v) is 12.4. The summed E-state index contributed by atoms with van der Waals surface area (Å²) >= 11 is 0. The van der Waals surface area contributed by atoms with Crippen LogP contribution in [0.1, 0.15) is 111 Å². The molecule has 3 aliphatic carbocycles. The molecule has 1 saturated heterocycles. The molecule has 2 amide bonds. The fourth-order valence-electron chi connectivity index (χ4n) is 9.15. The van der Waals surface area contributed by atoms with Crippen molar-refractivity contribution in [2.75, 3.05) is 13.7 Å². The number of aliphatic hydroxyl groups is 3. The molecule has 1 aliphatic heterocycles. The number of Topliss-reactive ketones (excluding diaryl/α,β-unsaturated/α-hetero) is 1. The Morgan fingerprint density at radius 2 is 1.61 bits per heavy atom. The van der Waals surface area contributed by atoms with Crippen molar-refractivity contribution in [3.05, 3.63) is 92.6 Å². The Morgan fingerprint density at radius 3 is 2.30 bits per heavy atom. The maximum Gasteiger partial charge on any atom is 0.412 e. The number of carbonyl (C=O) groups excluding carboxylic acids is 5. The number of aromatic hydroxyl groups is 2. The number of hydrogen-bond acceptors (Lipinski definition) is 16. The van der Waals surface area contributed by atoms with E-state index in [0.29, 0.717) is 28.9 Å². The highest BCUT2D eigenvalue weighted by molar-refractivity contribution is 6.31. The van der Waals surface area contributed by atoms with Crippen molar-refractivity contribution in [3.63, 3.8) is 0 Å². The summed E-state index contributed by atoms with van der Waals surface area (Å²) in [6, 6.07) is 6.21. The number of carbonyl (C=O) groups is 5. The number of rotatable bonds is 10. The summed E-state index contributed by atoms with van der Waals surface area (Å²) in [5, 5.41) is 61.5. The Morgan fingerprint density at radius 1 is 0.938 bits per heavy atom. The van der Waals surface area contributed by atoms with Gasteiger partial charge in [0.25, 0.3) is 0 Å². The van der Waals surface area contributed by atoms with Crippen molar-refractivity contribution < 1.29 is 73.2 Å². The van der Waals surface area contributed by atoms with E-state index in [1.165, 1.54) is 32.2 Å². The first-order valence-electron chi connectivity index (χ1n) is 21.1. The number of allylic oxidation sites excluding steroid dienone is 2. The first-order valence-corrected chi connectivity index (χ1v) is 21.1. The van der Waals surface area contributed by atoms with Crippen molar-refractivity contribution >= 4 is 29.5 Å². The molecule has 342 valence electrons. The van der Waals surface area contributed by atoms with E-state index in [2.05, 4.69) is 22.8 Å². The normalized spacial score (nSPS) is 26.8. The van der Waals surface area contributed by atoms with Crippen LogP contribution in [0.4, 0.5) is 9.59 Å². The smallest absolute Gasteiger partial charge is 0.412 e. The highest BCUT2D eigenvalue weighted by Crippen LogP contribution is 2.52. The molecule has 1 fully saturated rings. The fraction of sp³-hybridized carbons (Fsp3) is 0.457. The van der Waals surface area contributed by atoms with Crippen molar-refractivity contribution in [3.8, 4) is 23.0 Å². The van der Waals surface area contributed by atoms with Crippen LogP contribution in [0.3, 0.4) is 0 Å². The van der Waals surface area contributed by atoms with Gasteiger partial charge in [-0.25, -0.2) is 9.59 Å². The van der Waals surface area contributed by atoms with E-state index >= 15 is 0 Å². The largest absolute Gasteiger partial charge is 0.507 e. The number of ketones is 3. The number of nitrogens with two attached hydrogens (primary N) is 1. The molecular formula is C46H53N3O15. The van der Waals surface area contributed by atoms with Crippen LogP contribution in [0.25, 0.3) is 0 Å². The first-order chi connectivity index (χ1) is 30.5. The standard InChI is InChI=1S/C46H53N3O15/c1-21-14-24(15-22(2)43(21)64-45(58)48-28-12-8-6-5-7-11-27(28)47)20-61-44(57)49-29-16-33(62-23(3)38(29)52)63-31-18-46(59,32(51)19-50)17-26-35(31)42(56)37-36(40(26)54)39(53)25-10-9-13-30(60-4)34(25)41(37)55/h5-6,9-10,13-15,23,27-29,31,33,38,50,52,54,56,59H,7-8,11-12,16-20,47H2,1-4H3,(H,48,58)(H,49,57)/b6-5+/t23?,27?,28?,29?,31-,33?,38?,46-/m0/s1. The molecular weight excluding hydrogens is 835 g/mol. The number of alkyl carbamates (subject to hydrolysis) is 1. The monoisotopic (exact) mass is 887 g/mol. The van der Waals surface area contributed by atoms with Gasteiger partial charge in [-0.3, -0.25) is 14.4 Å². The lowest BCUT2D eigenvalue weighted by atomic mass is 9.72. The minimum Gasteiger partial charge on any atom is -0.507 e. The number of phenolic OH excluding ortho intramolecular Hbond substituents is 2. The summed E-state index contributed by atoms with van der Waals surface area (Å²) in [5.41, 5.74) is 3.93. The highest BCUT2D eigenvalue weighted by atomic mass is 16.7. The van der Waals surface area contributed by atoms with Crippen molar-refractivity contribution in [1.82, 2.24) is 10.6 Å². The van der Waals surface area contributed by atoms with Gasteiger partial charge in [-0.05, 0) is 81.3 Å². The number of phenols is 2. The Hall–Kier alpha value is -5.89. The summed E-state index contributed by atoms with van der Waals surface area (Å²) in [4.78, 5) is 66.9. The van der Waals surface area contributed by atoms with E-state index < -0.39 is 108 Å². The van der Waals surface area contributed by atoms with E-state index in [9.17, 15) is 49.5 Å². The van der Waals surface area contributed by atoms with E-state index in [1.54, 1.807) is 26.0 Å². The van der Waals surface area contributed by atoms with Crippen LogP contribution in [-0.2, 0) is 32.0 Å². The lowest BCUT2D eigenvalue weighted by molar-refractivity contribution is -0.249. The molecule has 7 rings (SSSR count). The second kappa shape index (κ2) is 18.7. The van der Waals surface area contributed by atoms with Crippen LogP contribution in [0.5, 0.6) is 23.0 Å². The molecule has 0 spiro atoms. The maximum absolute atomic E-state index is 14.0. The minimum atomic E-state index is -2.37. The Balaban J connectivity index is 1.06. The molecule has 1 heterocycles. The summed E-state index contributed by atoms with van der Waals surface area (Å²) in [7, 11) is 1.30. The van der Waals surface area contributed by atoms with Gasteiger partial charge in [0.05, 0.1) is 42.0 Å². The van der Waals surface area contributed by atoms with E-state index in [-0.39, 0.29) is 53.1 Å². The third-order valence-electron chi connectivity index (χ3n) is 12.4. The van der Waals surface area contributed by atoms with Gasteiger partial charge in [0.15, 0.2) is 17.9 Å². The van der Waals surface area contributed by atoms with Gasteiger partial charge in [0.1, 0.15) is 47.9 Å². The van der Waals surface area contributed by atoms with Crippen LogP contribution >= 0.6 is 0 Å². The van der Waals surface area contributed by atoms with Gasteiger partial charge < -0.3 is 65.6 Å². The van der Waals surface area contributed by atoms with Gasteiger partial charge >= 0.3 is 12.2 Å². The van der Waals surface area contributed by atoms with Gasteiger partial charge in [-0.1, -0.05) is 24.3 Å². The lowest BCUT2D eigenvalue weighted by Crippen LogP contribution is -2.56. The lowest BCUT2D eigenvalue weighted by Gasteiger charge is -2.42. The average molecular weight is 888 g/mol. The second-order valence-corrected chi connectivity index (χ2v) is 16.8. The van der Waals surface area contributed by atoms with Gasteiger partial charge in [-0.15, -0.1) is 0 Å². The van der Waals surface area contributed by atoms with E-state index in [0.717, 1.165) is 19.3 Å². The van der Waals surface area contributed by atoms with Gasteiger partial charge in [-0.2, -0.15) is 0 Å². The van der Waals surface area contributed by atoms with Gasteiger partial charge in [0.2, 0.25) is 5.78 Å². The number of amides is 2. The molecule has 18 nitrogen and oxygen atoms in total. The number of fused-ring (bicyclic) bond motifs is 3. The summed E-state index contributed by atoms with van der Waals surface area (Å²) < 4.78 is 28.7. The molecule has 18 heteroatoms. The number of nitrogens with one attached hydrogen (secondary N) is 2. The number of benzene rings is 3. The van der Waals surface area contributed by atoms with Crippen molar-refractivity contribution in [2.45, 2.75) is 121 Å². The molecule has 4 aliphatic rings. The van der Waals surface area contributed by atoms with E-state index in [4.69, 9.17) is 29.4 Å². The summed E-state index contributed by atoms with van der Waals surface area (Å²) in [6.07, 6.45) is -0.875. The molecule has 0 bridgehead atoms. The zero-order chi connectivity index (χ0) is 46.2. The van der Waals surface area contributed by atoms with Crippen LogP contribution in [0.2, 0.25) is 0 Å². The molecule has 0 radical (unpaired) electrons. The zero-order valence-corrected chi connectivity index (χ0v) is 35.8. The predicted molar refractivity (Wildman–Crippen MR) is 225 cm³/mol. The number of aryl methyl sites for hydroxylation is 2. The van der Waals surface area contributed by atoms with Crippen LogP contribution in [-0.4, -0.2) is 111 Å². The fourth-order valence-corrected chi connectivity index (χ4v) is 9.15. The molecule has 3 aromatic carbocycles. The molecule has 6 unspecified atom stereocenters. The van der Waals surface area contributed by atoms with Crippen molar-refractivity contribution in [2.24, 2.45) is 5.73 Å². The second-order valence-electron chi connectivity index (χ2n) is 16.8. The SMILES string of the molecule is COc1cccc2c1C(=O)c1c(O)c3c(c(O)c1C2=O)C[C@@](O)(C(=O)CO)C[C@@H]3OC1CC(NC(=O)OCc2cc(C)c(OC(=O)NC3CC/C=C/CCC3N)c(C)c2)C(O)C(C)O1. The van der Waals surface area contributed by atoms with Crippen LogP contribution in [0.15, 0.2) is 42.5 Å².